The zero-order valence-electron chi connectivity index (χ0n) is 16.7. The van der Waals surface area contributed by atoms with Gasteiger partial charge in [-0.3, -0.25) is 15.1 Å². The van der Waals surface area contributed by atoms with Crippen LogP contribution >= 0.6 is 0 Å². The number of aliphatic carboxylic acids is 1. The van der Waals surface area contributed by atoms with E-state index in [1.165, 1.54) is 0 Å². The molecule has 1 saturated carbocycles. The Labute approximate surface area is 176 Å². The predicted molar refractivity (Wildman–Crippen MR) is 117 cm³/mol. The van der Waals surface area contributed by atoms with Crippen LogP contribution < -0.4 is 10.6 Å². The Morgan fingerprint density at radius 3 is 2.80 bits per heavy atom. The molecule has 3 rings (SSSR count). The first kappa shape index (κ1) is 21.1. The summed E-state index contributed by atoms with van der Waals surface area (Å²) >= 11 is 0. The highest BCUT2D eigenvalue weighted by Crippen LogP contribution is 2.27. The van der Waals surface area contributed by atoms with Crippen LogP contribution in [0.15, 0.2) is 59.9 Å². The van der Waals surface area contributed by atoms with Crippen molar-refractivity contribution in [2.24, 2.45) is 4.99 Å². The van der Waals surface area contributed by atoms with Gasteiger partial charge >= 0.3 is 5.97 Å². The molecule has 0 radical (unpaired) electrons. The number of hydrogen-bond acceptors (Lipinski definition) is 4. The minimum atomic E-state index is -0.764. The molecule has 3 N–H and O–H groups in total. The van der Waals surface area contributed by atoms with Gasteiger partial charge in [-0.05, 0) is 61.4 Å². The number of anilines is 1. The highest BCUT2D eigenvalue weighted by atomic mass is 16.4. The van der Waals surface area contributed by atoms with Gasteiger partial charge in [-0.25, -0.2) is 4.99 Å². The van der Waals surface area contributed by atoms with Crippen molar-refractivity contribution in [3.8, 4) is 6.19 Å². The van der Waals surface area contributed by atoms with Crippen molar-refractivity contribution < 1.29 is 9.90 Å². The fourth-order valence-corrected chi connectivity index (χ4v) is 3.03. The molecule has 7 nitrogen and oxygen atoms in total. The molecule has 0 saturated heterocycles. The van der Waals surface area contributed by atoms with Crippen molar-refractivity contribution in [3.63, 3.8) is 0 Å². The Bertz CT molecular complexity index is 959. The van der Waals surface area contributed by atoms with Crippen LogP contribution in [0.25, 0.3) is 5.57 Å². The summed E-state index contributed by atoms with van der Waals surface area (Å²) in [5, 5.41) is 23.6. The van der Waals surface area contributed by atoms with E-state index in [1.807, 2.05) is 48.8 Å². The molecule has 0 bridgehead atoms. The minimum Gasteiger partial charge on any atom is -0.481 e. The number of guanidine groups is 1. The number of hydrogen-bond donors (Lipinski definition) is 3. The van der Waals surface area contributed by atoms with E-state index in [1.54, 1.807) is 6.20 Å². The SMILES string of the molecule is N#CNC(=NC1CC1)Nc1cccc(C(=CCCCCC(=O)O)c2cccnc2)c1. The maximum absolute atomic E-state index is 10.7. The average Bonchev–Trinajstić information content (AvgIpc) is 3.55. The van der Waals surface area contributed by atoms with Crippen LogP contribution in [0.5, 0.6) is 0 Å². The number of nitriles is 1. The maximum Gasteiger partial charge on any atom is 0.303 e. The highest BCUT2D eigenvalue weighted by Gasteiger charge is 2.21. The molecule has 30 heavy (non-hydrogen) atoms. The van der Waals surface area contributed by atoms with E-state index in [9.17, 15) is 4.79 Å². The van der Waals surface area contributed by atoms with Crippen molar-refractivity contribution in [2.45, 2.75) is 44.6 Å². The second-order valence-electron chi connectivity index (χ2n) is 7.15. The molecule has 154 valence electrons. The highest BCUT2D eigenvalue weighted by molar-refractivity contribution is 5.95. The van der Waals surface area contributed by atoms with Gasteiger partial charge in [0.1, 0.15) is 0 Å². The summed E-state index contributed by atoms with van der Waals surface area (Å²) in [5.74, 6) is -0.308. The topological polar surface area (TPSA) is 110 Å². The standard InChI is InChI=1S/C23H25N5O2/c24-16-26-23(27-19-11-12-19)28-20-8-4-6-17(14-20)21(18-7-5-13-25-15-18)9-2-1-3-10-22(29)30/h4-9,13-15,19H,1-3,10-12H2,(H,29,30)(H2,26,27,28). The third-order valence-corrected chi connectivity index (χ3v) is 4.63. The van der Waals surface area contributed by atoms with E-state index in [2.05, 4.69) is 26.7 Å². The molecule has 1 aliphatic rings. The number of nitrogens with zero attached hydrogens (tertiary/aromatic N) is 3. The molecule has 0 spiro atoms. The Morgan fingerprint density at radius 2 is 2.10 bits per heavy atom. The van der Waals surface area contributed by atoms with Gasteiger partial charge in [-0.15, -0.1) is 0 Å². The number of carboxylic acids is 1. The molecule has 1 aromatic carbocycles. The molecule has 1 aliphatic carbocycles. The van der Waals surface area contributed by atoms with E-state index < -0.39 is 5.97 Å². The third kappa shape index (κ3) is 6.74. The van der Waals surface area contributed by atoms with Gasteiger partial charge in [0, 0.05) is 30.1 Å². The number of unbranched alkanes of at least 4 members (excludes halogenated alkanes) is 2. The van der Waals surface area contributed by atoms with Crippen LogP contribution in [-0.2, 0) is 4.79 Å². The first-order valence-electron chi connectivity index (χ1n) is 10.1. The molecule has 0 amide bonds. The lowest BCUT2D eigenvalue weighted by Gasteiger charge is -2.12. The number of aromatic nitrogens is 1. The average molecular weight is 403 g/mol. The number of pyridine rings is 1. The van der Waals surface area contributed by atoms with Crippen LogP contribution in [0, 0.1) is 11.5 Å². The minimum absolute atomic E-state index is 0.185. The van der Waals surface area contributed by atoms with Crippen molar-refractivity contribution in [3.05, 3.63) is 66.0 Å². The van der Waals surface area contributed by atoms with Crippen LogP contribution in [0.2, 0.25) is 0 Å². The first-order chi connectivity index (χ1) is 14.7. The second-order valence-corrected chi connectivity index (χ2v) is 7.15. The summed E-state index contributed by atoms with van der Waals surface area (Å²) in [7, 11) is 0. The lowest BCUT2D eigenvalue weighted by molar-refractivity contribution is -0.137. The molecular formula is C23H25N5O2. The molecule has 1 heterocycles. The van der Waals surface area contributed by atoms with Gasteiger partial charge in [-0.1, -0.05) is 24.3 Å². The van der Waals surface area contributed by atoms with E-state index in [0.717, 1.165) is 48.1 Å². The summed E-state index contributed by atoms with van der Waals surface area (Å²) in [6.45, 7) is 0. The van der Waals surface area contributed by atoms with Gasteiger partial charge in [0.15, 0.2) is 6.19 Å². The molecule has 1 fully saturated rings. The van der Waals surface area contributed by atoms with Gasteiger partial charge < -0.3 is 10.4 Å². The zero-order valence-corrected chi connectivity index (χ0v) is 16.7. The molecular weight excluding hydrogens is 378 g/mol. The maximum atomic E-state index is 10.7. The van der Waals surface area contributed by atoms with E-state index in [-0.39, 0.29) is 12.5 Å². The number of benzene rings is 1. The van der Waals surface area contributed by atoms with Crippen LogP contribution in [0.1, 0.15) is 49.7 Å². The number of carboxylic acid groups (broad SMARTS) is 1. The Balaban J connectivity index is 1.80. The monoisotopic (exact) mass is 403 g/mol. The van der Waals surface area contributed by atoms with Crippen molar-refractivity contribution >= 4 is 23.2 Å². The van der Waals surface area contributed by atoms with E-state index >= 15 is 0 Å². The van der Waals surface area contributed by atoms with Crippen LogP contribution in [-0.4, -0.2) is 28.1 Å². The van der Waals surface area contributed by atoms with Crippen LogP contribution in [0.3, 0.4) is 0 Å². The summed E-state index contributed by atoms with van der Waals surface area (Å²) in [6, 6.07) is 12.1. The number of nitrogens with one attached hydrogen (secondary N) is 2. The molecule has 1 aromatic heterocycles. The van der Waals surface area contributed by atoms with E-state index in [4.69, 9.17) is 10.4 Å². The number of carbonyl (C=O) groups is 1. The van der Waals surface area contributed by atoms with Gasteiger partial charge in [0.2, 0.25) is 5.96 Å². The fourth-order valence-electron chi connectivity index (χ4n) is 3.03. The molecule has 0 atom stereocenters. The molecule has 7 heteroatoms. The second kappa shape index (κ2) is 10.8. The van der Waals surface area contributed by atoms with Gasteiger partial charge in [0.25, 0.3) is 0 Å². The summed E-state index contributed by atoms with van der Waals surface area (Å²) < 4.78 is 0. The van der Waals surface area contributed by atoms with Crippen molar-refractivity contribution in [2.75, 3.05) is 5.32 Å². The normalized spacial score (nSPS) is 14.1. The number of rotatable bonds is 9. The first-order valence-corrected chi connectivity index (χ1v) is 10.1. The number of aliphatic imine (C=N–C) groups is 1. The van der Waals surface area contributed by atoms with Gasteiger partial charge in [-0.2, -0.15) is 5.26 Å². The third-order valence-electron chi connectivity index (χ3n) is 4.63. The number of allylic oxidation sites excluding steroid dienone is 1. The van der Waals surface area contributed by atoms with Crippen molar-refractivity contribution in [1.29, 1.82) is 5.26 Å². The summed E-state index contributed by atoms with van der Waals surface area (Å²) in [4.78, 5) is 19.4. The fraction of sp³-hybridized carbons (Fsp3) is 0.304. The van der Waals surface area contributed by atoms with Crippen LogP contribution in [0.4, 0.5) is 5.69 Å². The largest absolute Gasteiger partial charge is 0.481 e. The zero-order chi connectivity index (χ0) is 21.2. The quantitative estimate of drug-likeness (QED) is 0.191. The van der Waals surface area contributed by atoms with Crippen molar-refractivity contribution in [1.82, 2.24) is 10.3 Å². The Kier molecular flexibility index (Phi) is 7.56. The molecule has 2 aromatic rings. The predicted octanol–water partition coefficient (Wildman–Crippen LogP) is 4.16. The lowest BCUT2D eigenvalue weighted by Crippen LogP contribution is -2.27. The summed E-state index contributed by atoms with van der Waals surface area (Å²) in [6.07, 6.45) is 12.1. The lowest BCUT2D eigenvalue weighted by atomic mass is 9.97. The Morgan fingerprint density at radius 1 is 1.27 bits per heavy atom. The molecule has 0 unspecified atom stereocenters. The smallest absolute Gasteiger partial charge is 0.303 e. The van der Waals surface area contributed by atoms with E-state index in [0.29, 0.717) is 12.4 Å². The summed E-state index contributed by atoms with van der Waals surface area (Å²) in [5.41, 5.74) is 3.87. The van der Waals surface area contributed by atoms with Gasteiger partial charge in [0.05, 0.1) is 6.04 Å². The Hall–Kier alpha value is -3.66. The molecule has 0 aliphatic heterocycles.